The Morgan fingerprint density at radius 2 is 1.43 bits per heavy atom. The number of sulfonamides is 1. The van der Waals surface area contributed by atoms with E-state index in [0.29, 0.717) is 31.9 Å². The Morgan fingerprint density at radius 3 is 2.06 bits per heavy atom. The van der Waals surface area contributed by atoms with E-state index in [4.69, 9.17) is 14.6 Å². The summed E-state index contributed by atoms with van der Waals surface area (Å²) in [5.41, 5.74) is 0.229. The van der Waals surface area contributed by atoms with Crippen molar-refractivity contribution in [3.63, 3.8) is 0 Å². The van der Waals surface area contributed by atoms with Crippen LogP contribution in [0.25, 0.3) is 0 Å². The molecule has 0 fully saturated rings. The van der Waals surface area contributed by atoms with Gasteiger partial charge in [0.1, 0.15) is 5.75 Å². The molecule has 1 rings (SSSR count). The van der Waals surface area contributed by atoms with Crippen molar-refractivity contribution in [2.45, 2.75) is 64.2 Å². The molecule has 0 aliphatic carbocycles. The third kappa shape index (κ3) is 15.8. The smallest absolute Gasteiger partial charge is 0.335 e. The van der Waals surface area contributed by atoms with Crippen molar-refractivity contribution in [3.8, 4) is 5.75 Å². The number of carboxylic acid groups (broad SMARTS) is 1. The van der Waals surface area contributed by atoms with Crippen LogP contribution in [-0.4, -0.2) is 63.9 Å². The number of nitrogens with one attached hydrogen (secondary N) is 2. The highest BCUT2D eigenvalue weighted by Crippen LogP contribution is 2.14. The molecule has 2 amide bonds. The molecular formula is C24H38N2O8S. The maximum Gasteiger partial charge on any atom is 0.335 e. The number of rotatable bonds is 20. The SMILES string of the molecule is COCCNC(=O)CCCS(=O)(=O)NC(=O)CCCCCCCCCOc1ccc(C(=O)O)cc1. The first-order chi connectivity index (χ1) is 16.7. The quantitative estimate of drug-likeness (QED) is 0.225. The van der Waals surface area contributed by atoms with E-state index in [1.165, 1.54) is 19.2 Å². The number of carboxylic acids is 1. The minimum atomic E-state index is -3.73. The molecule has 10 nitrogen and oxygen atoms in total. The Hall–Kier alpha value is -2.66. The fourth-order valence-electron chi connectivity index (χ4n) is 3.23. The minimum absolute atomic E-state index is 0.0742. The molecule has 0 atom stereocenters. The van der Waals surface area contributed by atoms with Crippen molar-refractivity contribution in [1.82, 2.24) is 10.0 Å². The van der Waals surface area contributed by atoms with E-state index in [2.05, 4.69) is 10.0 Å². The van der Waals surface area contributed by atoms with Gasteiger partial charge in [-0.05, 0) is 43.5 Å². The molecule has 0 heterocycles. The number of carbonyl (C=O) groups excluding carboxylic acids is 2. The summed E-state index contributed by atoms with van der Waals surface area (Å²) in [6.45, 7) is 1.34. The van der Waals surface area contributed by atoms with E-state index in [1.54, 1.807) is 12.1 Å². The molecule has 3 N–H and O–H groups in total. The van der Waals surface area contributed by atoms with Gasteiger partial charge < -0.3 is 19.9 Å². The summed E-state index contributed by atoms with van der Waals surface area (Å²) in [4.78, 5) is 34.2. The molecular weight excluding hydrogens is 476 g/mol. The average Bonchev–Trinajstić information content (AvgIpc) is 2.80. The lowest BCUT2D eigenvalue weighted by Gasteiger charge is -2.08. The zero-order valence-corrected chi connectivity index (χ0v) is 21.2. The van der Waals surface area contributed by atoms with Crippen molar-refractivity contribution < 1.29 is 37.4 Å². The van der Waals surface area contributed by atoms with Crippen molar-refractivity contribution in [2.75, 3.05) is 32.6 Å². The molecule has 1 aromatic rings. The predicted molar refractivity (Wildman–Crippen MR) is 132 cm³/mol. The van der Waals surface area contributed by atoms with Gasteiger partial charge in [-0.3, -0.25) is 14.3 Å². The maximum atomic E-state index is 12.0. The highest BCUT2D eigenvalue weighted by atomic mass is 32.2. The first-order valence-electron chi connectivity index (χ1n) is 12.0. The second-order valence-electron chi connectivity index (χ2n) is 8.19. The Balaban J connectivity index is 2.00. The lowest BCUT2D eigenvalue weighted by molar-refractivity contribution is -0.121. The van der Waals surface area contributed by atoms with Crippen LogP contribution in [0.4, 0.5) is 0 Å². The molecule has 35 heavy (non-hydrogen) atoms. The van der Waals surface area contributed by atoms with Gasteiger partial charge in [-0.25, -0.2) is 13.2 Å². The van der Waals surface area contributed by atoms with Crippen LogP contribution in [-0.2, 0) is 24.3 Å². The summed E-state index contributed by atoms with van der Waals surface area (Å²) < 4.78 is 36.4. The lowest BCUT2D eigenvalue weighted by Crippen LogP contribution is -2.33. The van der Waals surface area contributed by atoms with Crippen molar-refractivity contribution in [1.29, 1.82) is 0 Å². The average molecular weight is 515 g/mol. The van der Waals surface area contributed by atoms with Gasteiger partial charge in [0.2, 0.25) is 21.8 Å². The highest BCUT2D eigenvalue weighted by Gasteiger charge is 2.15. The van der Waals surface area contributed by atoms with Crippen LogP contribution in [0.1, 0.15) is 74.6 Å². The number of benzene rings is 1. The van der Waals surface area contributed by atoms with Gasteiger partial charge in [0.15, 0.2) is 0 Å². The maximum absolute atomic E-state index is 12.0. The molecule has 0 radical (unpaired) electrons. The largest absolute Gasteiger partial charge is 0.494 e. The van der Waals surface area contributed by atoms with Gasteiger partial charge in [-0.1, -0.05) is 32.1 Å². The second-order valence-corrected chi connectivity index (χ2v) is 10.0. The molecule has 11 heteroatoms. The van der Waals surface area contributed by atoms with Crippen LogP contribution >= 0.6 is 0 Å². The number of hydrogen-bond acceptors (Lipinski definition) is 7. The van der Waals surface area contributed by atoms with E-state index in [1.807, 2.05) is 0 Å². The van der Waals surface area contributed by atoms with Gasteiger partial charge in [0, 0.05) is 26.5 Å². The van der Waals surface area contributed by atoms with Crippen LogP contribution in [0.15, 0.2) is 24.3 Å². The van der Waals surface area contributed by atoms with E-state index in [0.717, 1.165) is 38.5 Å². The summed E-state index contributed by atoms with van der Waals surface area (Å²) in [7, 11) is -2.21. The third-order valence-electron chi connectivity index (χ3n) is 5.13. The van der Waals surface area contributed by atoms with Crippen molar-refractivity contribution >= 4 is 27.8 Å². The van der Waals surface area contributed by atoms with Crippen LogP contribution in [0.3, 0.4) is 0 Å². The minimum Gasteiger partial charge on any atom is -0.494 e. The molecule has 0 spiro atoms. The molecule has 0 bridgehead atoms. The van der Waals surface area contributed by atoms with E-state index in [-0.39, 0.29) is 36.5 Å². The van der Waals surface area contributed by atoms with Gasteiger partial charge in [0.05, 0.1) is 24.5 Å². The summed E-state index contributed by atoms with van der Waals surface area (Å²) in [5.74, 6) is -1.34. The zero-order valence-electron chi connectivity index (χ0n) is 20.4. The lowest BCUT2D eigenvalue weighted by atomic mass is 10.1. The Kier molecular flexibility index (Phi) is 15.4. The summed E-state index contributed by atoms with van der Waals surface area (Å²) in [6, 6.07) is 6.32. The van der Waals surface area contributed by atoms with Crippen LogP contribution in [0.2, 0.25) is 0 Å². The molecule has 0 unspecified atom stereocenters. The van der Waals surface area contributed by atoms with Crippen molar-refractivity contribution in [3.05, 3.63) is 29.8 Å². The second kappa shape index (κ2) is 17.7. The van der Waals surface area contributed by atoms with E-state index < -0.39 is 21.9 Å². The molecule has 0 aliphatic heterocycles. The summed E-state index contributed by atoms with van der Waals surface area (Å²) >= 11 is 0. The number of methoxy groups -OCH3 is 1. The molecule has 0 saturated carbocycles. The summed E-state index contributed by atoms with van der Waals surface area (Å²) in [5, 5.41) is 11.5. The molecule has 0 aromatic heterocycles. The first-order valence-corrected chi connectivity index (χ1v) is 13.6. The monoisotopic (exact) mass is 514 g/mol. The number of carbonyl (C=O) groups is 3. The first kappa shape index (κ1) is 30.4. The Morgan fingerprint density at radius 1 is 0.829 bits per heavy atom. The van der Waals surface area contributed by atoms with E-state index >= 15 is 0 Å². The van der Waals surface area contributed by atoms with Crippen LogP contribution < -0.4 is 14.8 Å². The summed E-state index contributed by atoms with van der Waals surface area (Å²) in [6.07, 6.45) is 6.79. The topological polar surface area (TPSA) is 148 Å². The molecule has 198 valence electrons. The van der Waals surface area contributed by atoms with Gasteiger partial charge >= 0.3 is 5.97 Å². The third-order valence-corrected chi connectivity index (χ3v) is 6.50. The Bertz CT molecular complexity index is 872. The van der Waals surface area contributed by atoms with Gasteiger partial charge in [0.25, 0.3) is 0 Å². The predicted octanol–water partition coefficient (Wildman–Crippen LogP) is 2.87. The normalized spacial score (nSPS) is 11.1. The van der Waals surface area contributed by atoms with Crippen molar-refractivity contribution in [2.24, 2.45) is 0 Å². The standard InChI is InChI=1S/C24H38N2O8S/c1-33-18-16-25-22(27)11-9-19-35(31,32)26-23(28)10-7-5-3-2-4-6-8-17-34-21-14-12-20(13-15-21)24(29)30/h12-15H,2-11,16-19H2,1H3,(H,25,27)(H,26,28)(H,29,30). The van der Waals surface area contributed by atoms with Crippen LogP contribution in [0.5, 0.6) is 5.75 Å². The fraction of sp³-hybridized carbons (Fsp3) is 0.625. The van der Waals surface area contributed by atoms with Gasteiger partial charge in [-0.15, -0.1) is 0 Å². The van der Waals surface area contributed by atoms with Gasteiger partial charge in [-0.2, -0.15) is 0 Å². The number of amides is 2. The fourth-order valence-corrected chi connectivity index (χ4v) is 4.31. The number of unbranched alkanes of at least 4 members (excludes halogenated alkanes) is 6. The van der Waals surface area contributed by atoms with E-state index in [9.17, 15) is 22.8 Å². The molecule has 0 saturated heterocycles. The zero-order chi connectivity index (χ0) is 25.9. The Labute approximate surface area is 207 Å². The number of aromatic carboxylic acids is 1. The van der Waals surface area contributed by atoms with Crippen LogP contribution in [0, 0.1) is 0 Å². The highest BCUT2D eigenvalue weighted by molar-refractivity contribution is 7.90. The molecule has 1 aromatic carbocycles. The number of hydrogen-bond donors (Lipinski definition) is 3. The number of ether oxygens (including phenoxy) is 2. The molecule has 0 aliphatic rings.